The van der Waals surface area contributed by atoms with Crippen LogP contribution in [0.5, 0.6) is 0 Å². The Morgan fingerprint density at radius 1 is 1.35 bits per heavy atom. The molecule has 0 heterocycles. The van der Waals surface area contributed by atoms with Crippen molar-refractivity contribution in [1.29, 1.82) is 0 Å². The number of amides is 1. The fourth-order valence-corrected chi connectivity index (χ4v) is 1.28. The van der Waals surface area contributed by atoms with Crippen LogP contribution in [0.25, 0.3) is 10.4 Å². The Balaban J connectivity index is 2.63. The highest BCUT2D eigenvalue weighted by Gasteiger charge is 2.04. The van der Waals surface area contributed by atoms with E-state index in [1.807, 2.05) is 0 Å². The first-order valence-corrected chi connectivity index (χ1v) is 5.05. The number of nitrogens with zero attached hydrogens (tertiary/aromatic N) is 3. The Hall–Kier alpha value is -2.33. The Labute approximate surface area is 98.3 Å². The molecule has 0 spiro atoms. The zero-order valence-electron chi connectivity index (χ0n) is 9.38. The Bertz CT molecular complexity index is 461. The molecule has 0 unspecified atom stereocenters. The van der Waals surface area contributed by atoms with E-state index < -0.39 is 0 Å². The quantitative estimate of drug-likeness (QED) is 0.365. The van der Waals surface area contributed by atoms with Crippen molar-refractivity contribution in [2.75, 3.05) is 11.9 Å². The highest BCUT2D eigenvalue weighted by molar-refractivity contribution is 5.97. The maximum absolute atomic E-state index is 11.6. The molecule has 0 fully saturated rings. The molecular weight excluding hydrogens is 220 g/mol. The first-order chi connectivity index (χ1) is 8.13. The van der Waals surface area contributed by atoms with Gasteiger partial charge in [0.05, 0.1) is 0 Å². The van der Waals surface area contributed by atoms with Gasteiger partial charge < -0.3 is 5.32 Å². The molecule has 0 saturated heterocycles. The van der Waals surface area contributed by atoms with Gasteiger partial charge in [-0.15, -0.1) is 0 Å². The van der Waals surface area contributed by atoms with Crippen molar-refractivity contribution in [1.82, 2.24) is 0 Å². The van der Waals surface area contributed by atoms with Crippen molar-refractivity contribution >= 4 is 17.4 Å². The van der Waals surface area contributed by atoms with Crippen molar-refractivity contribution < 1.29 is 9.59 Å². The SMILES string of the molecule is CC(=O)Nc1ccc(C(=O)CCN=[N+]=[N-])cc1. The van der Waals surface area contributed by atoms with Crippen LogP contribution >= 0.6 is 0 Å². The average Bonchev–Trinajstić information content (AvgIpc) is 2.29. The van der Waals surface area contributed by atoms with Gasteiger partial charge in [0.2, 0.25) is 5.91 Å². The van der Waals surface area contributed by atoms with Crippen molar-refractivity contribution in [3.8, 4) is 0 Å². The third-order valence-electron chi connectivity index (χ3n) is 2.03. The molecular formula is C11H12N4O2. The topological polar surface area (TPSA) is 94.9 Å². The van der Waals surface area contributed by atoms with Crippen molar-refractivity contribution in [3.05, 3.63) is 40.3 Å². The van der Waals surface area contributed by atoms with Crippen LogP contribution in [0.4, 0.5) is 5.69 Å². The fraction of sp³-hybridized carbons (Fsp3) is 0.273. The maximum Gasteiger partial charge on any atom is 0.221 e. The Morgan fingerprint density at radius 3 is 2.53 bits per heavy atom. The van der Waals surface area contributed by atoms with Gasteiger partial charge in [0.25, 0.3) is 0 Å². The largest absolute Gasteiger partial charge is 0.326 e. The van der Waals surface area contributed by atoms with Crippen LogP contribution in [0, 0.1) is 0 Å². The minimum atomic E-state index is -0.160. The Kier molecular flexibility index (Phi) is 4.72. The van der Waals surface area contributed by atoms with E-state index in [0.29, 0.717) is 11.3 Å². The normalized spacial score (nSPS) is 9.24. The van der Waals surface area contributed by atoms with Gasteiger partial charge in [-0.3, -0.25) is 9.59 Å². The fourth-order valence-electron chi connectivity index (χ4n) is 1.28. The zero-order valence-corrected chi connectivity index (χ0v) is 9.38. The van der Waals surface area contributed by atoms with Crippen LogP contribution < -0.4 is 5.32 Å². The summed E-state index contributed by atoms with van der Waals surface area (Å²) in [7, 11) is 0. The highest BCUT2D eigenvalue weighted by Crippen LogP contribution is 2.11. The van der Waals surface area contributed by atoms with Gasteiger partial charge in [-0.25, -0.2) is 0 Å². The van der Waals surface area contributed by atoms with Gasteiger partial charge in [-0.1, -0.05) is 5.11 Å². The van der Waals surface area contributed by atoms with Gasteiger partial charge in [0.1, 0.15) is 0 Å². The first kappa shape index (κ1) is 12.7. The molecule has 88 valence electrons. The van der Waals surface area contributed by atoms with Gasteiger partial charge in [0, 0.05) is 36.1 Å². The first-order valence-electron chi connectivity index (χ1n) is 5.05. The van der Waals surface area contributed by atoms with Crippen LogP contribution in [-0.2, 0) is 4.79 Å². The number of benzene rings is 1. The number of Topliss-reactive ketones (excluding diaryl/α,β-unsaturated/α-hetero) is 1. The van der Waals surface area contributed by atoms with E-state index >= 15 is 0 Å². The van der Waals surface area contributed by atoms with Crippen LogP contribution in [0.3, 0.4) is 0 Å². The number of hydrogen-bond donors (Lipinski definition) is 1. The molecule has 0 aliphatic heterocycles. The maximum atomic E-state index is 11.6. The average molecular weight is 232 g/mol. The van der Waals surface area contributed by atoms with E-state index in [0.717, 1.165) is 0 Å². The van der Waals surface area contributed by atoms with Crippen molar-refractivity contribution in [3.63, 3.8) is 0 Å². The van der Waals surface area contributed by atoms with E-state index in [-0.39, 0.29) is 24.7 Å². The number of azide groups is 1. The second kappa shape index (κ2) is 6.30. The molecule has 1 rings (SSSR count). The lowest BCUT2D eigenvalue weighted by Crippen LogP contribution is -2.06. The van der Waals surface area contributed by atoms with E-state index in [9.17, 15) is 9.59 Å². The second-order valence-corrected chi connectivity index (χ2v) is 3.39. The van der Waals surface area contributed by atoms with Gasteiger partial charge in [-0.05, 0) is 29.8 Å². The lowest BCUT2D eigenvalue weighted by Gasteiger charge is -2.03. The molecule has 0 saturated carbocycles. The predicted octanol–water partition coefficient (Wildman–Crippen LogP) is 2.53. The van der Waals surface area contributed by atoms with E-state index in [4.69, 9.17) is 5.53 Å². The van der Waals surface area contributed by atoms with E-state index in [1.165, 1.54) is 6.92 Å². The summed E-state index contributed by atoms with van der Waals surface area (Å²) < 4.78 is 0. The third kappa shape index (κ3) is 4.36. The molecule has 1 N–H and O–H groups in total. The third-order valence-corrected chi connectivity index (χ3v) is 2.03. The monoisotopic (exact) mass is 232 g/mol. The molecule has 6 nitrogen and oxygen atoms in total. The molecule has 17 heavy (non-hydrogen) atoms. The van der Waals surface area contributed by atoms with Crippen molar-refractivity contribution in [2.24, 2.45) is 5.11 Å². The zero-order chi connectivity index (χ0) is 12.7. The summed E-state index contributed by atoms with van der Waals surface area (Å²) in [5.74, 6) is -0.251. The molecule has 6 heteroatoms. The Morgan fingerprint density at radius 2 is 2.00 bits per heavy atom. The van der Waals surface area contributed by atoms with Crippen LogP contribution in [-0.4, -0.2) is 18.2 Å². The van der Waals surface area contributed by atoms with E-state index in [2.05, 4.69) is 15.3 Å². The molecule has 1 aromatic carbocycles. The standard InChI is InChI=1S/C11H12N4O2/c1-8(16)14-10-4-2-9(3-5-10)11(17)6-7-13-15-12/h2-5H,6-7H2,1H3,(H,14,16). The summed E-state index contributed by atoms with van der Waals surface area (Å²) in [5.41, 5.74) is 9.25. The number of rotatable bonds is 5. The lowest BCUT2D eigenvalue weighted by atomic mass is 10.1. The van der Waals surface area contributed by atoms with Crippen LogP contribution in [0.1, 0.15) is 23.7 Å². The number of hydrogen-bond acceptors (Lipinski definition) is 3. The molecule has 1 amide bonds. The van der Waals surface area contributed by atoms with Crippen LogP contribution in [0.15, 0.2) is 29.4 Å². The number of carbonyl (C=O) groups is 2. The highest BCUT2D eigenvalue weighted by atomic mass is 16.1. The minimum absolute atomic E-state index is 0.0909. The molecule has 0 aliphatic rings. The molecule has 0 aliphatic carbocycles. The predicted molar refractivity (Wildman–Crippen MR) is 63.7 cm³/mol. The number of carbonyl (C=O) groups excluding carboxylic acids is 2. The molecule has 1 aromatic rings. The summed E-state index contributed by atoms with van der Waals surface area (Å²) in [6, 6.07) is 6.57. The van der Waals surface area contributed by atoms with E-state index in [1.54, 1.807) is 24.3 Å². The molecule has 0 aromatic heterocycles. The summed E-state index contributed by atoms with van der Waals surface area (Å²) >= 11 is 0. The lowest BCUT2D eigenvalue weighted by molar-refractivity contribution is -0.114. The summed E-state index contributed by atoms with van der Waals surface area (Å²) in [6.07, 6.45) is 0.184. The molecule has 0 bridgehead atoms. The minimum Gasteiger partial charge on any atom is -0.326 e. The summed E-state index contributed by atoms with van der Waals surface area (Å²) in [4.78, 5) is 24.9. The smallest absolute Gasteiger partial charge is 0.221 e. The summed E-state index contributed by atoms with van der Waals surface area (Å²) in [6.45, 7) is 1.57. The number of anilines is 1. The second-order valence-electron chi connectivity index (χ2n) is 3.39. The van der Waals surface area contributed by atoms with Gasteiger partial charge in [0.15, 0.2) is 5.78 Å². The number of nitrogens with one attached hydrogen (secondary N) is 1. The van der Waals surface area contributed by atoms with Gasteiger partial charge >= 0.3 is 0 Å². The van der Waals surface area contributed by atoms with Gasteiger partial charge in [-0.2, -0.15) is 0 Å². The van der Waals surface area contributed by atoms with Crippen molar-refractivity contribution in [2.45, 2.75) is 13.3 Å². The number of ketones is 1. The summed E-state index contributed by atoms with van der Waals surface area (Å²) in [5, 5.41) is 5.90. The molecule has 0 atom stereocenters. The molecule has 0 radical (unpaired) electrons. The van der Waals surface area contributed by atoms with Crippen LogP contribution in [0.2, 0.25) is 0 Å².